The van der Waals surface area contributed by atoms with Crippen molar-refractivity contribution < 1.29 is 19.0 Å². The van der Waals surface area contributed by atoms with Crippen LogP contribution in [0.25, 0.3) is 5.57 Å². The lowest BCUT2D eigenvalue weighted by Gasteiger charge is -2.28. The standard InChI is InChI=1S/C24H20FNO3/c1-29-20-14-8-5-11-17(20)15-26-22(18-12-6-7-13-19(18)25)21(23(27)24(26)28)16-9-3-2-4-10-16/h2-14,22,27H,15H2,1H3/t22-/m1/s1. The SMILES string of the molecule is COc1ccccc1CN1C(=O)C(O)=C(c2ccccc2)[C@H]1c1ccccc1F. The predicted molar refractivity (Wildman–Crippen MR) is 109 cm³/mol. The van der Waals surface area contributed by atoms with Gasteiger partial charge in [0.25, 0.3) is 5.91 Å². The van der Waals surface area contributed by atoms with Gasteiger partial charge in [0, 0.05) is 16.7 Å². The zero-order chi connectivity index (χ0) is 20.4. The Morgan fingerprint density at radius 1 is 0.966 bits per heavy atom. The van der Waals surface area contributed by atoms with E-state index in [4.69, 9.17) is 4.74 Å². The van der Waals surface area contributed by atoms with E-state index >= 15 is 0 Å². The van der Waals surface area contributed by atoms with Gasteiger partial charge < -0.3 is 14.7 Å². The highest BCUT2D eigenvalue weighted by molar-refractivity contribution is 6.05. The summed E-state index contributed by atoms with van der Waals surface area (Å²) in [5, 5.41) is 10.7. The number of amides is 1. The molecule has 0 fully saturated rings. The van der Waals surface area contributed by atoms with Crippen LogP contribution in [0.15, 0.2) is 84.6 Å². The van der Waals surface area contributed by atoms with Gasteiger partial charge in [0.05, 0.1) is 19.7 Å². The van der Waals surface area contributed by atoms with Crippen LogP contribution in [0.2, 0.25) is 0 Å². The molecular weight excluding hydrogens is 369 g/mol. The summed E-state index contributed by atoms with van der Waals surface area (Å²) in [5.74, 6) is -0.707. The van der Waals surface area contributed by atoms with Crippen LogP contribution >= 0.6 is 0 Å². The van der Waals surface area contributed by atoms with E-state index in [2.05, 4.69) is 0 Å². The van der Waals surface area contributed by atoms with Gasteiger partial charge in [0.15, 0.2) is 5.76 Å². The van der Waals surface area contributed by atoms with Crippen molar-refractivity contribution in [2.24, 2.45) is 0 Å². The molecule has 1 atom stereocenters. The molecule has 0 radical (unpaired) electrons. The Balaban J connectivity index is 1.85. The molecule has 5 heteroatoms. The first kappa shape index (κ1) is 18.7. The summed E-state index contributed by atoms with van der Waals surface area (Å²) < 4.78 is 20.2. The minimum Gasteiger partial charge on any atom is -0.503 e. The zero-order valence-electron chi connectivity index (χ0n) is 15.9. The second-order valence-corrected chi connectivity index (χ2v) is 6.80. The lowest BCUT2D eigenvalue weighted by Crippen LogP contribution is -2.30. The van der Waals surface area contributed by atoms with Gasteiger partial charge in [-0.05, 0) is 17.7 Å². The molecule has 0 spiro atoms. The number of hydrogen-bond acceptors (Lipinski definition) is 3. The Morgan fingerprint density at radius 3 is 2.34 bits per heavy atom. The molecule has 146 valence electrons. The summed E-state index contributed by atoms with van der Waals surface area (Å²) in [6.07, 6.45) is 0. The third-order valence-electron chi connectivity index (χ3n) is 5.12. The van der Waals surface area contributed by atoms with E-state index in [0.29, 0.717) is 22.4 Å². The first-order valence-electron chi connectivity index (χ1n) is 9.27. The number of ether oxygens (including phenoxy) is 1. The summed E-state index contributed by atoms with van der Waals surface area (Å²) in [6.45, 7) is 0.169. The third kappa shape index (κ3) is 3.36. The van der Waals surface area contributed by atoms with Crippen LogP contribution in [-0.2, 0) is 11.3 Å². The van der Waals surface area contributed by atoms with Gasteiger partial charge >= 0.3 is 0 Å². The maximum Gasteiger partial charge on any atom is 0.290 e. The first-order valence-corrected chi connectivity index (χ1v) is 9.27. The molecule has 1 amide bonds. The maximum atomic E-state index is 14.8. The topological polar surface area (TPSA) is 49.8 Å². The number of hydrogen-bond donors (Lipinski definition) is 1. The molecule has 3 aromatic rings. The van der Waals surface area contributed by atoms with Crippen molar-refractivity contribution in [3.63, 3.8) is 0 Å². The van der Waals surface area contributed by atoms with Gasteiger partial charge in [-0.2, -0.15) is 0 Å². The van der Waals surface area contributed by atoms with Crippen molar-refractivity contribution in [3.8, 4) is 5.75 Å². The first-order chi connectivity index (χ1) is 14.1. The molecule has 4 rings (SSSR count). The van der Waals surface area contributed by atoms with Crippen LogP contribution in [0.5, 0.6) is 5.75 Å². The largest absolute Gasteiger partial charge is 0.503 e. The minimum absolute atomic E-state index is 0.169. The second kappa shape index (κ2) is 7.80. The van der Waals surface area contributed by atoms with Crippen molar-refractivity contribution in [2.75, 3.05) is 7.11 Å². The van der Waals surface area contributed by atoms with Crippen molar-refractivity contribution in [2.45, 2.75) is 12.6 Å². The smallest absolute Gasteiger partial charge is 0.290 e. The van der Waals surface area contributed by atoms with Crippen molar-refractivity contribution in [1.82, 2.24) is 4.90 Å². The van der Waals surface area contributed by atoms with E-state index in [0.717, 1.165) is 5.56 Å². The molecule has 1 aliphatic heterocycles. The highest BCUT2D eigenvalue weighted by Gasteiger charge is 2.42. The highest BCUT2D eigenvalue weighted by atomic mass is 19.1. The summed E-state index contributed by atoms with van der Waals surface area (Å²) in [5.41, 5.74) is 2.18. The summed E-state index contributed by atoms with van der Waals surface area (Å²) >= 11 is 0. The molecule has 0 saturated carbocycles. The van der Waals surface area contributed by atoms with Gasteiger partial charge in [-0.1, -0.05) is 66.7 Å². The predicted octanol–water partition coefficient (Wildman–Crippen LogP) is 4.89. The summed E-state index contributed by atoms with van der Waals surface area (Å²) in [7, 11) is 1.56. The number of halogens is 1. The average molecular weight is 389 g/mol. The Morgan fingerprint density at radius 2 is 1.62 bits per heavy atom. The monoisotopic (exact) mass is 389 g/mol. The summed E-state index contributed by atoms with van der Waals surface area (Å²) in [4.78, 5) is 14.5. The van der Waals surface area contributed by atoms with Crippen LogP contribution in [0, 0.1) is 5.82 Å². The van der Waals surface area contributed by atoms with Crippen LogP contribution in [0.1, 0.15) is 22.7 Å². The van der Waals surface area contributed by atoms with Crippen LogP contribution < -0.4 is 4.74 Å². The number of methoxy groups -OCH3 is 1. The molecule has 0 aliphatic carbocycles. The molecule has 1 aliphatic rings. The fourth-order valence-corrected chi connectivity index (χ4v) is 3.77. The van der Waals surface area contributed by atoms with Crippen LogP contribution in [0.3, 0.4) is 0 Å². The minimum atomic E-state index is -0.754. The quantitative estimate of drug-likeness (QED) is 0.676. The fourth-order valence-electron chi connectivity index (χ4n) is 3.77. The molecule has 29 heavy (non-hydrogen) atoms. The molecule has 4 nitrogen and oxygen atoms in total. The van der Waals surface area contributed by atoms with E-state index < -0.39 is 17.8 Å². The van der Waals surface area contributed by atoms with Gasteiger partial charge in [-0.3, -0.25) is 4.79 Å². The highest BCUT2D eigenvalue weighted by Crippen LogP contribution is 2.44. The van der Waals surface area contributed by atoms with E-state index in [9.17, 15) is 14.3 Å². The van der Waals surface area contributed by atoms with Gasteiger partial charge in [0.2, 0.25) is 0 Å². The fraction of sp³-hybridized carbons (Fsp3) is 0.125. The van der Waals surface area contributed by atoms with Crippen molar-refractivity contribution in [1.29, 1.82) is 0 Å². The van der Waals surface area contributed by atoms with Crippen LogP contribution in [0.4, 0.5) is 4.39 Å². The number of aliphatic hydroxyl groups excluding tert-OH is 1. The van der Waals surface area contributed by atoms with Crippen LogP contribution in [-0.4, -0.2) is 23.0 Å². The van der Waals surface area contributed by atoms with Gasteiger partial charge in [0.1, 0.15) is 11.6 Å². The zero-order valence-corrected chi connectivity index (χ0v) is 15.9. The Bertz CT molecular complexity index is 1080. The normalized spacial score (nSPS) is 16.4. The lowest BCUT2D eigenvalue weighted by molar-refractivity contribution is -0.130. The molecule has 0 saturated heterocycles. The van der Waals surface area contributed by atoms with Gasteiger partial charge in [-0.25, -0.2) is 4.39 Å². The number of nitrogens with zero attached hydrogens (tertiary/aromatic N) is 1. The number of rotatable bonds is 5. The molecule has 0 aromatic heterocycles. The number of benzene rings is 3. The van der Waals surface area contributed by atoms with E-state index in [1.54, 1.807) is 43.5 Å². The number of carbonyl (C=O) groups excluding carboxylic acids is 1. The molecule has 3 aromatic carbocycles. The molecule has 0 unspecified atom stereocenters. The Labute approximate surface area is 168 Å². The number of aliphatic hydroxyl groups is 1. The number of carbonyl (C=O) groups is 1. The summed E-state index contributed by atoms with van der Waals surface area (Å²) in [6, 6.07) is 22.0. The molecule has 0 bridgehead atoms. The molecule has 1 heterocycles. The Kier molecular flexibility index (Phi) is 5.04. The van der Waals surface area contributed by atoms with E-state index in [1.807, 2.05) is 36.4 Å². The van der Waals surface area contributed by atoms with E-state index in [-0.39, 0.29) is 12.3 Å². The Hall–Kier alpha value is -3.60. The number of para-hydroxylation sites is 1. The molecular formula is C24H20FNO3. The maximum absolute atomic E-state index is 14.8. The average Bonchev–Trinajstić information content (AvgIpc) is 3.00. The van der Waals surface area contributed by atoms with Crippen molar-refractivity contribution >= 4 is 11.5 Å². The van der Waals surface area contributed by atoms with E-state index in [1.165, 1.54) is 11.0 Å². The second-order valence-electron chi connectivity index (χ2n) is 6.80. The lowest BCUT2D eigenvalue weighted by atomic mass is 9.93. The molecule has 1 N–H and O–H groups in total. The van der Waals surface area contributed by atoms with Crippen molar-refractivity contribution in [3.05, 3.63) is 107 Å². The third-order valence-corrected chi connectivity index (χ3v) is 5.12. The van der Waals surface area contributed by atoms with Gasteiger partial charge in [-0.15, -0.1) is 0 Å².